The van der Waals surface area contributed by atoms with E-state index in [2.05, 4.69) is 4.99 Å². The first kappa shape index (κ1) is 40.7. The van der Waals surface area contributed by atoms with E-state index in [0.29, 0.717) is 11.1 Å². The van der Waals surface area contributed by atoms with Gasteiger partial charge in [-0.15, -0.1) is 0 Å². The number of esters is 1. The Balaban J connectivity index is 1.53. The molecule has 57 heavy (non-hydrogen) atoms. The number of carbonyl (C=O) groups is 3. The minimum absolute atomic E-state index is 0.00175. The summed E-state index contributed by atoms with van der Waals surface area (Å²) >= 11 is 0. The van der Waals surface area contributed by atoms with Crippen LogP contribution in [0.25, 0.3) is 12.2 Å². The predicted molar refractivity (Wildman–Crippen MR) is 207 cm³/mol. The lowest BCUT2D eigenvalue weighted by molar-refractivity contribution is -0.278. The molecular weight excluding hydrogens is 738 g/mol. The number of rotatable bonds is 13. The topological polar surface area (TPSA) is 254 Å². The highest BCUT2D eigenvalue weighted by Crippen LogP contribution is 2.45. The highest BCUT2D eigenvalue weighted by molar-refractivity contribution is 6.31. The molecule has 0 aromatic heterocycles. The van der Waals surface area contributed by atoms with Gasteiger partial charge in [0, 0.05) is 41.2 Å². The van der Waals surface area contributed by atoms with Gasteiger partial charge in [0.05, 0.1) is 38.0 Å². The van der Waals surface area contributed by atoms with Crippen LogP contribution in [0, 0.1) is 0 Å². The molecule has 4 aromatic rings. The fraction of sp³-hybridized carbons (Fsp3) is 0.286. The van der Waals surface area contributed by atoms with Crippen LogP contribution in [0.5, 0.6) is 17.2 Å². The van der Waals surface area contributed by atoms with Gasteiger partial charge < -0.3 is 55.9 Å². The van der Waals surface area contributed by atoms with Gasteiger partial charge in [0.2, 0.25) is 6.29 Å². The van der Waals surface area contributed by atoms with Crippen molar-refractivity contribution in [2.24, 2.45) is 16.5 Å². The fourth-order valence-corrected chi connectivity index (χ4v) is 6.93. The number of aliphatic hydroxyl groups excluding tert-OH is 4. The molecule has 6 rings (SSSR count). The number of phenolic OH excluding ortho intramolecular Hbond substituents is 1. The second-order valence-corrected chi connectivity index (χ2v) is 13.6. The number of aliphatic imine (C=N–C) groups is 1. The Labute approximate surface area is 327 Å². The van der Waals surface area contributed by atoms with Crippen molar-refractivity contribution in [1.82, 2.24) is 0 Å². The summed E-state index contributed by atoms with van der Waals surface area (Å²) in [4.78, 5) is 45.6. The number of phenols is 1. The summed E-state index contributed by atoms with van der Waals surface area (Å²) in [6.07, 6.45) is -3.55. The van der Waals surface area contributed by atoms with Gasteiger partial charge in [0.25, 0.3) is 0 Å². The minimum atomic E-state index is -1.53. The lowest BCUT2D eigenvalue weighted by atomic mass is 9.77. The maximum Gasteiger partial charge on any atom is 0.308 e. The zero-order valence-corrected chi connectivity index (χ0v) is 31.1. The Bertz CT molecular complexity index is 2240. The number of nitrogens with two attached hydrogens (primary N) is 2. The second kappa shape index (κ2) is 17.5. The lowest BCUT2D eigenvalue weighted by Gasteiger charge is -2.41. The molecule has 1 aliphatic heterocycles. The summed E-state index contributed by atoms with van der Waals surface area (Å²) in [5.41, 5.74) is 11.8. The van der Waals surface area contributed by atoms with E-state index in [1.807, 2.05) is 6.07 Å². The average molecular weight is 782 g/mol. The van der Waals surface area contributed by atoms with Crippen LogP contribution in [0.15, 0.2) is 71.7 Å². The quantitative estimate of drug-likeness (QED) is 0.0226. The molecule has 0 saturated carbocycles. The van der Waals surface area contributed by atoms with Gasteiger partial charge >= 0.3 is 5.97 Å². The van der Waals surface area contributed by atoms with Crippen LogP contribution in [0.4, 0.5) is 0 Å². The smallest absolute Gasteiger partial charge is 0.308 e. The van der Waals surface area contributed by atoms with Crippen LogP contribution in [-0.4, -0.2) is 92.9 Å². The average Bonchev–Trinajstić information content (AvgIpc) is 3.19. The van der Waals surface area contributed by atoms with Gasteiger partial charge in [-0.05, 0) is 47.4 Å². The van der Waals surface area contributed by atoms with Crippen molar-refractivity contribution in [2.45, 2.75) is 64.2 Å². The largest absolute Gasteiger partial charge is 0.507 e. The van der Waals surface area contributed by atoms with Gasteiger partial charge in [-0.3, -0.25) is 19.4 Å². The van der Waals surface area contributed by atoms with Crippen molar-refractivity contribution < 1.29 is 58.9 Å². The molecule has 0 radical (unpaired) electrons. The van der Waals surface area contributed by atoms with E-state index in [4.69, 9.17) is 30.4 Å². The van der Waals surface area contributed by atoms with Crippen molar-refractivity contribution >= 4 is 35.6 Å². The number of hydrogen-bond donors (Lipinski definition) is 7. The van der Waals surface area contributed by atoms with Crippen LogP contribution >= 0.6 is 0 Å². The van der Waals surface area contributed by atoms with Gasteiger partial charge in [-0.1, -0.05) is 60.7 Å². The predicted octanol–water partition coefficient (Wildman–Crippen LogP) is 2.34. The molecule has 1 aliphatic carbocycles. The Hall–Kier alpha value is -5.94. The van der Waals surface area contributed by atoms with Gasteiger partial charge in [-0.25, -0.2) is 0 Å². The van der Waals surface area contributed by atoms with Crippen LogP contribution in [0.1, 0.15) is 79.1 Å². The molecule has 2 aliphatic rings. The van der Waals surface area contributed by atoms with Crippen molar-refractivity contribution in [2.75, 3.05) is 13.2 Å². The summed E-state index contributed by atoms with van der Waals surface area (Å²) in [6, 6.07) is 18.4. The van der Waals surface area contributed by atoms with Crippen molar-refractivity contribution in [3.05, 3.63) is 122 Å². The summed E-state index contributed by atoms with van der Waals surface area (Å²) in [6.45, 7) is 1.57. The maximum atomic E-state index is 14.8. The molecule has 298 valence electrons. The third-order valence-corrected chi connectivity index (χ3v) is 9.65. The molecule has 15 heteroatoms. The molecule has 0 bridgehead atoms. The molecule has 0 spiro atoms. The Morgan fingerprint density at radius 2 is 1.61 bits per heavy atom. The lowest BCUT2D eigenvalue weighted by Crippen LogP contribution is -2.59. The SMILES string of the molecule is CC(=O)Oc1cc(CO)c2c(c1C=Cc1ccccc1)C(=O)c1cc(OC3OC(C)C(O)C(O)C3OCCN=C(N)N)c(Cc3cccc(CO)c3)c(O)c1C2=O. The molecule has 9 N–H and O–H groups in total. The third-order valence-electron chi connectivity index (χ3n) is 9.65. The van der Waals surface area contributed by atoms with E-state index >= 15 is 0 Å². The second-order valence-electron chi connectivity index (χ2n) is 13.6. The summed E-state index contributed by atoms with van der Waals surface area (Å²) in [5, 5.41) is 54.2. The summed E-state index contributed by atoms with van der Waals surface area (Å²) in [7, 11) is 0. The number of ether oxygens (including phenoxy) is 4. The number of nitrogens with zero attached hydrogens (tertiary/aromatic N) is 1. The van der Waals surface area contributed by atoms with E-state index in [9.17, 15) is 39.9 Å². The molecule has 1 fully saturated rings. The molecule has 1 heterocycles. The Morgan fingerprint density at radius 3 is 2.30 bits per heavy atom. The first-order valence-electron chi connectivity index (χ1n) is 18.1. The third kappa shape index (κ3) is 8.58. The highest BCUT2D eigenvalue weighted by atomic mass is 16.7. The number of fused-ring (bicyclic) bond motifs is 2. The van der Waals surface area contributed by atoms with Crippen molar-refractivity contribution in [3.63, 3.8) is 0 Å². The molecule has 0 amide bonds. The standard InChI is InChI=1S/C42H43N3O12/c1-21-35(49)39(53)40(54-14-13-45-42(43)44)41(55-21)57-31-18-29-34(36(50)28(31)16-24-9-6-10-25(15-24)19-46)38(52)32-26(20-47)17-30(56-22(2)48)27(33(32)37(29)51)12-11-23-7-4-3-5-8-23/h3-12,15,17-18,21,35,39-41,46-47,49-50,53H,13-14,16,19-20H2,1-2H3,(H4,43,44,45). The molecular formula is C42H43N3O12. The van der Waals surface area contributed by atoms with Crippen LogP contribution in [-0.2, 0) is 33.9 Å². The zero-order chi connectivity index (χ0) is 41.0. The van der Waals surface area contributed by atoms with Crippen molar-refractivity contribution in [3.8, 4) is 17.2 Å². The fourth-order valence-electron chi connectivity index (χ4n) is 6.93. The van der Waals surface area contributed by atoms with E-state index in [1.54, 1.807) is 54.6 Å². The zero-order valence-electron chi connectivity index (χ0n) is 31.1. The molecule has 15 nitrogen and oxygen atoms in total. The van der Waals surface area contributed by atoms with Crippen molar-refractivity contribution in [1.29, 1.82) is 0 Å². The number of benzene rings is 4. The number of ketones is 2. The summed E-state index contributed by atoms with van der Waals surface area (Å²) in [5.74, 6) is -3.28. The number of carbonyl (C=O) groups excluding carboxylic acids is 3. The monoisotopic (exact) mass is 781 g/mol. The van der Waals surface area contributed by atoms with Gasteiger partial charge in [0.15, 0.2) is 17.5 Å². The maximum absolute atomic E-state index is 14.8. The number of aliphatic hydroxyl groups is 4. The molecule has 4 aromatic carbocycles. The van der Waals surface area contributed by atoms with Gasteiger partial charge in [0.1, 0.15) is 35.6 Å². The van der Waals surface area contributed by atoms with E-state index in [1.165, 1.54) is 32.1 Å². The first-order chi connectivity index (χ1) is 27.3. The van der Waals surface area contributed by atoms with E-state index in [0.717, 1.165) is 5.56 Å². The normalized spacial score (nSPS) is 20.2. The van der Waals surface area contributed by atoms with Gasteiger partial charge in [-0.2, -0.15) is 0 Å². The van der Waals surface area contributed by atoms with E-state index in [-0.39, 0.29) is 82.6 Å². The summed E-state index contributed by atoms with van der Waals surface area (Å²) < 4.78 is 23.7. The molecule has 5 unspecified atom stereocenters. The Kier molecular flexibility index (Phi) is 12.5. The van der Waals surface area contributed by atoms with E-state index < -0.39 is 60.6 Å². The first-order valence-corrected chi connectivity index (χ1v) is 18.1. The Morgan fingerprint density at radius 1 is 0.877 bits per heavy atom. The van der Waals surface area contributed by atoms with Crippen LogP contribution in [0.2, 0.25) is 0 Å². The number of hydrogen-bond acceptors (Lipinski definition) is 13. The molecule has 5 atom stereocenters. The number of guanidine groups is 1. The van der Waals surface area contributed by atoms with Crippen LogP contribution < -0.4 is 20.9 Å². The highest BCUT2D eigenvalue weighted by Gasteiger charge is 2.46. The number of aromatic hydroxyl groups is 1. The molecule has 1 saturated heterocycles. The minimum Gasteiger partial charge on any atom is -0.507 e. The van der Waals surface area contributed by atoms with Crippen LogP contribution in [0.3, 0.4) is 0 Å².